The molecule has 120 valence electrons. The maximum atomic E-state index is 2.57. The minimum absolute atomic E-state index is 0.861. The molecule has 0 saturated carbocycles. The molecule has 0 aliphatic carbocycles. The van der Waals surface area contributed by atoms with Gasteiger partial charge < -0.3 is 9.80 Å². The molecule has 0 bridgehead atoms. The fourth-order valence-electron chi connectivity index (χ4n) is 3.41. The van der Waals surface area contributed by atoms with E-state index < -0.39 is 0 Å². The lowest BCUT2D eigenvalue weighted by molar-refractivity contribution is 0.236. The second kappa shape index (κ2) is 8.51. The van der Waals surface area contributed by atoms with E-state index in [9.17, 15) is 0 Å². The fourth-order valence-corrected chi connectivity index (χ4v) is 3.41. The summed E-state index contributed by atoms with van der Waals surface area (Å²) < 4.78 is 0. The molecule has 0 amide bonds. The summed E-state index contributed by atoms with van der Waals surface area (Å²) in [5.74, 6) is 1.77. The first-order chi connectivity index (χ1) is 10.2. The number of allylic oxidation sites excluding steroid dienone is 1. The third-order valence-corrected chi connectivity index (χ3v) is 5.18. The summed E-state index contributed by atoms with van der Waals surface area (Å²) in [5.41, 5.74) is 1.46. The van der Waals surface area contributed by atoms with Crippen molar-refractivity contribution in [3.05, 3.63) is 24.0 Å². The molecule has 1 fully saturated rings. The number of hydrogen-bond donors (Lipinski definition) is 0. The lowest BCUT2D eigenvalue weighted by atomic mass is 9.98. The quantitative estimate of drug-likeness (QED) is 0.673. The van der Waals surface area contributed by atoms with Gasteiger partial charge in [0.25, 0.3) is 0 Å². The molecule has 2 rings (SSSR count). The van der Waals surface area contributed by atoms with Crippen molar-refractivity contribution in [2.75, 3.05) is 26.2 Å². The molecular weight excluding hydrogens is 256 g/mol. The Bertz CT molecular complexity index is 351. The van der Waals surface area contributed by atoms with E-state index in [1.807, 2.05) is 0 Å². The van der Waals surface area contributed by atoms with Crippen LogP contribution in [0, 0.1) is 11.8 Å². The predicted octanol–water partition coefficient (Wildman–Crippen LogP) is 4.65. The number of rotatable bonds is 7. The highest BCUT2D eigenvalue weighted by atomic mass is 15.2. The highest BCUT2D eigenvalue weighted by Gasteiger charge is 2.18. The number of likely N-dealkylation sites (tertiary alicyclic amines) is 1. The molecule has 2 heteroatoms. The predicted molar refractivity (Wildman–Crippen MR) is 92.1 cm³/mol. The highest BCUT2D eigenvalue weighted by Crippen LogP contribution is 2.23. The molecule has 2 aliphatic rings. The molecule has 21 heavy (non-hydrogen) atoms. The zero-order valence-electron chi connectivity index (χ0n) is 14.4. The Morgan fingerprint density at radius 2 is 2.00 bits per heavy atom. The molecule has 1 atom stereocenters. The Balaban J connectivity index is 1.77. The first kappa shape index (κ1) is 16.5. The third kappa shape index (κ3) is 5.09. The maximum Gasteiger partial charge on any atom is 0.0377 e. The molecule has 0 aromatic rings. The molecular formula is C19H34N2. The van der Waals surface area contributed by atoms with Crippen molar-refractivity contribution in [3.63, 3.8) is 0 Å². The average molecular weight is 290 g/mol. The third-order valence-electron chi connectivity index (χ3n) is 5.18. The van der Waals surface area contributed by atoms with Crippen molar-refractivity contribution < 1.29 is 0 Å². The standard InChI is InChI=1S/C19H34N2/c1-4-6-7-18(5-2)16-20-12-10-19(11-13-20)21-14-8-17(3)9-15-21/h10-12,17-18H,4-9,13-16H2,1-3H3. The Morgan fingerprint density at radius 1 is 1.24 bits per heavy atom. The van der Waals surface area contributed by atoms with Gasteiger partial charge in [0.05, 0.1) is 0 Å². The second-order valence-electron chi connectivity index (χ2n) is 6.98. The average Bonchev–Trinajstić information content (AvgIpc) is 2.53. The van der Waals surface area contributed by atoms with Crippen molar-refractivity contribution >= 4 is 0 Å². The van der Waals surface area contributed by atoms with Crippen molar-refractivity contribution in [1.29, 1.82) is 0 Å². The van der Waals surface area contributed by atoms with E-state index >= 15 is 0 Å². The Labute approximate surface area is 131 Å². The van der Waals surface area contributed by atoms with E-state index in [-0.39, 0.29) is 0 Å². The first-order valence-corrected chi connectivity index (χ1v) is 9.10. The fraction of sp³-hybridized carbons (Fsp3) is 0.789. The lowest BCUT2D eigenvalue weighted by Crippen LogP contribution is -2.34. The Hall–Kier alpha value is -0.920. The molecule has 0 aromatic heterocycles. The molecule has 1 saturated heterocycles. The summed E-state index contributed by atoms with van der Waals surface area (Å²) in [5, 5.41) is 0. The summed E-state index contributed by atoms with van der Waals surface area (Å²) >= 11 is 0. The minimum Gasteiger partial charge on any atom is -0.373 e. The smallest absolute Gasteiger partial charge is 0.0377 e. The summed E-state index contributed by atoms with van der Waals surface area (Å²) in [7, 11) is 0. The van der Waals surface area contributed by atoms with E-state index in [1.54, 1.807) is 0 Å². The zero-order chi connectivity index (χ0) is 15.1. The summed E-state index contributed by atoms with van der Waals surface area (Å²) in [4.78, 5) is 5.07. The SMILES string of the molecule is CCCCC(CC)CN1C=CC(N2CCC(C)CC2)=CC1. The van der Waals surface area contributed by atoms with Gasteiger partial charge in [-0.15, -0.1) is 0 Å². The number of unbranched alkanes of at least 4 members (excludes halogenated alkanes) is 1. The zero-order valence-corrected chi connectivity index (χ0v) is 14.4. The maximum absolute atomic E-state index is 2.57. The monoisotopic (exact) mass is 290 g/mol. The van der Waals surface area contributed by atoms with Gasteiger partial charge in [-0.05, 0) is 43.3 Å². The van der Waals surface area contributed by atoms with Gasteiger partial charge in [-0.1, -0.05) is 40.0 Å². The normalized spacial score (nSPS) is 21.6. The highest BCUT2D eigenvalue weighted by molar-refractivity contribution is 5.22. The Morgan fingerprint density at radius 3 is 2.57 bits per heavy atom. The van der Waals surface area contributed by atoms with Gasteiger partial charge in [0, 0.05) is 38.1 Å². The van der Waals surface area contributed by atoms with Crippen LogP contribution in [0.2, 0.25) is 0 Å². The minimum atomic E-state index is 0.861. The van der Waals surface area contributed by atoms with Crippen LogP contribution in [0.3, 0.4) is 0 Å². The van der Waals surface area contributed by atoms with Crippen molar-refractivity contribution in [3.8, 4) is 0 Å². The number of nitrogens with zero attached hydrogens (tertiary/aromatic N) is 2. The van der Waals surface area contributed by atoms with Crippen LogP contribution in [0.1, 0.15) is 59.3 Å². The van der Waals surface area contributed by atoms with E-state index in [1.165, 1.54) is 63.9 Å². The van der Waals surface area contributed by atoms with Gasteiger partial charge in [-0.3, -0.25) is 0 Å². The molecule has 0 aromatic carbocycles. The van der Waals surface area contributed by atoms with E-state index in [0.717, 1.165) is 18.4 Å². The number of piperidine rings is 1. The van der Waals surface area contributed by atoms with Crippen molar-refractivity contribution in [2.45, 2.75) is 59.3 Å². The van der Waals surface area contributed by atoms with Crippen molar-refractivity contribution in [2.24, 2.45) is 11.8 Å². The largest absolute Gasteiger partial charge is 0.373 e. The Kier molecular flexibility index (Phi) is 6.66. The first-order valence-electron chi connectivity index (χ1n) is 9.10. The molecule has 1 unspecified atom stereocenters. The van der Waals surface area contributed by atoms with Gasteiger partial charge in [-0.2, -0.15) is 0 Å². The number of hydrogen-bond acceptors (Lipinski definition) is 2. The summed E-state index contributed by atoms with van der Waals surface area (Å²) in [6.07, 6.45) is 15.2. The molecule has 0 N–H and O–H groups in total. The molecule has 2 aliphatic heterocycles. The molecule has 2 heterocycles. The molecule has 0 spiro atoms. The van der Waals surface area contributed by atoms with Gasteiger partial charge in [0.15, 0.2) is 0 Å². The van der Waals surface area contributed by atoms with Crippen LogP contribution in [-0.2, 0) is 0 Å². The van der Waals surface area contributed by atoms with Gasteiger partial charge >= 0.3 is 0 Å². The van der Waals surface area contributed by atoms with Crippen LogP contribution in [0.25, 0.3) is 0 Å². The van der Waals surface area contributed by atoms with E-state index in [4.69, 9.17) is 0 Å². The summed E-state index contributed by atoms with van der Waals surface area (Å²) in [6.45, 7) is 11.8. The van der Waals surface area contributed by atoms with Gasteiger partial charge in [-0.25, -0.2) is 0 Å². The van der Waals surface area contributed by atoms with Crippen LogP contribution >= 0.6 is 0 Å². The van der Waals surface area contributed by atoms with Crippen LogP contribution in [0.5, 0.6) is 0 Å². The van der Waals surface area contributed by atoms with Crippen molar-refractivity contribution in [1.82, 2.24) is 9.80 Å². The van der Waals surface area contributed by atoms with Gasteiger partial charge in [0.2, 0.25) is 0 Å². The lowest BCUT2D eigenvalue weighted by Gasteiger charge is -2.35. The van der Waals surface area contributed by atoms with E-state index in [0.29, 0.717) is 0 Å². The summed E-state index contributed by atoms with van der Waals surface area (Å²) in [6, 6.07) is 0. The molecule has 2 nitrogen and oxygen atoms in total. The van der Waals surface area contributed by atoms with Crippen LogP contribution in [0.4, 0.5) is 0 Å². The second-order valence-corrected chi connectivity index (χ2v) is 6.98. The molecule has 0 radical (unpaired) electrons. The van der Waals surface area contributed by atoms with E-state index in [2.05, 4.69) is 48.9 Å². The van der Waals surface area contributed by atoms with Gasteiger partial charge in [0.1, 0.15) is 0 Å². The van der Waals surface area contributed by atoms with Crippen LogP contribution < -0.4 is 0 Å². The topological polar surface area (TPSA) is 6.48 Å². The van der Waals surface area contributed by atoms with Crippen LogP contribution in [-0.4, -0.2) is 36.0 Å². The van der Waals surface area contributed by atoms with Crippen LogP contribution in [0.15, 0.2) is 24.0 Å².